The molecule has 0 saturated carbocycles. The molecule has 1 heterocycles. The van der Waals surface area contributed by atoms with Gasteiger partial charge in [0.2, 0.25) is 5.91 Å². The number of anilines is 2. The Morgan fingerprint density at radius 2 is 1.88 bits per heavy atom. The first kappa shape index (κ1) is 17.5. The summed E-state index contributed by atoms with van der Waals surface area (Å²) in [7, 11) is -3.66. The van der Waals surface area contributed by atoms with E-state index in [1.54, 1.807) is 53.4 Å². The summed E-state index contributed by atoms with van der Waals surface area (Å²) in [6.45, 7) is 0.658. The van der Waals surface area contributed by atoms with Gasteiger partial charge in [0.15, 0.2) is 0 Å². The van der Waals surface area contributed by atoms with Crippen LogP contribution in [0.3, 0.4) is 0 Å². The first-order valence-corrected chi connectivity index (χ1v) is 9.72. The lowest BCUT2D eigenvalue weighted by Gasteiger charge is -2.16. The lowest BCUT2D eigenvalue weighted by atomic mass is 10.2. The van der Waals surface area contributed by atoms with Crippen LogP contribution in [0.2, 0.25) is 5.02 Å². The third-order valence-electron chi connectivity index (χ3n) is 3.80. The molecule has 130 valence electrons. The molecule has 25 heavy (non-hydrogen) atoms. The Balaban J connectivity index is 1.74. The van der Waals surface area contributed by atoms with Gasteiger partial charge in [-0.15, -0.1) is 0 Å². The number of nitrogens with zero attached hydrogens (tertiary/aromatic N) is 1. The van der Waals surface area contributed by atoms with Crippen molar-refractivity contribution in [3.8, 4) is 0 Å². The van der Waals surface area contributed by atoms with E-state index in [-0.39, 0.29) is 5.91 Å². The van der Waals surface area contributed by atoms with Gasteiger partial charge in [0.25, 0.3) is 10.0 Å². The second-order valence-corrected chi connectivity index (χ2v) is 7.70. The number of nitrogens with one attached hydrogen (secondary N) is 1. The van der Waals surface area contributed by atoms with Gasteiger partial charge in [-0.25, -0.2) is 8.42 Å². The molecule has 1 saturated heterocycles. The molecular weight excluding hydrogens is 360 g/mol. The van der Waals surface area contributed by atoms with Gasteiger partial charge in [-0.2, -0.15) is 0 Å². The predicted molar refractivity (Wildman–Crippen MR) is 101 cm³/mol. The smallest absolute Gasteiger partial charge is 0.255 e. The molecule has 0 bridgehead atoms. The maximum absolute atomic E-state index is 12.2. The van der Waals surface area contributed by atoms with Crippen molar-refractivity contribution in [1.29, 1.82) is 0 Å². The van der Waals surface area contributed by atoms with Crippen LogP contribution in [-0.2, 0) is 14.8 Å². The standard InChI is InChI=1S/C18H17ClN2O3S/c19-15-8-6-14(7-9-15)10-12-25(23,24)20-16-3-1-4-17(13-16)21-11-2-5-18(21)22/h1,3-4,6-10,12-13,20H,2,5,11H2/b12-10+. The molecule has 0 aliphatic carbocycles. The molecule has 1 amide bonds. The molecule has 1 aliphatic rings. The van der Waals surface area contributed by atoms with Crippen LogP contribution in [0.25, 0.3) is 6.08 Å². The van der Waals surface area contributed by atoms with Crippen molar-refractivity contribution in [2.24, 2.45) is 0 Å². The number of hydrogen-bond donors (Lipinski definition) is 1. The third kappa shape index (κ3) is 4.61. The number of halogens is 1. The van der Waals surface area contributed by atoms with Crippen LogP contribution in [0, 0.1) is 0 Å². The van der Waals surface area contributed by atoms with Crippen LogP contribution in [0.15, 0.2) is 53.9 Å². The fourth-order valence-electron chi connectivity index (χ4n) is 2.60. The highest BCUT2D eigenvalue weighted by atomic mass is 35.5. The molecular formula is C18H17ClN2O3S. The zero-order chi connectivity index (χ0) is 17.9. The fraction of sp³-hybridized carbons (Fsp3) is 0.167. The normalized spacial score (nSPS) is 15.1. The topological polar surface area (TPSA) is 66.5 Å². The van der Waals surface area contributed by atoms with Gasteiger partial charge in [-0.05, 0) is 48.4 Å². The number of sulfonamides is 1. The van der Waals surface area contributed by atoms with Gasteiger partial charge in [-0.1, -0.05) is 29.8 Å². The minimum atomic E-state index is -3.66. The SMILES string of the molecule is O=C1CCCN1c1cccc(NS(=O)(=O)/C=C/c2ccc(Cl)cc2)c1. The van der Waals surface area contributed by atoms with Crippen molar-refractivity contribution in [1.82, 2.24) is 0 Å². The van der Waals surface area contributed by atoms with E-state index >= 15 is 0 Å². The van der Waals surface area contributed by atoms with Crippen molar-refractivity contribution in [3.05, 3.63) is 64.5 Å². The van der Waals surface area contributed by atoms with E-state index in [0.717, 1.165) is 17.4 Å². The lowest BCUT2D eigenvalue weighted by molar-refractivity contribution is -0.117. The number of carbonyl (C=O) groups is 1. The highest BCUT2D eigenvalue weighted by molar-refractivity contribution is 7.95. The maximum atomic E-state index is 12.2. The second kappa shape index (κ2) is 7.29. The van der Waals surface area contributed by atoms with Gasteiger partial charge >= 0.3 is 0 Å². The highest BCUT2D eigenvalue weighted by Crippen LogP contribution is 2.25. The molecule has 0 unspecified atom stereocenters. The Hall–Kier alpha value is -2.31. The fourth-order valence-corrected chi connectivity index (χ4v) is 3.58. The zero-order valence-electron chi connectivity index (χ0n) is 13.4. The number of amides is 1. The Morgan fingerprint density at radius 3 is 2.56 bits per heavy atom. The molecule has 2 aromatic rings. The Labute approximate surface area is 152 Å². The van der Waals surface area contributed by atoms with Gasteiger partial charge in [0, 0.05) is 23.7 Å². The van der Waals surface area contributed by atoms with E-state index in [9.17, 15) is 13.2 Å². The van der Waals surface area contributed by atoms with Crippen molar-refractivity contribution in [2.45, 2.75) is 12.8 Å². The second-order valence-electron chi connectivity index (χ2n) is 5.70. The van der Waals surface area contributed by atoms with Crippen LogP contribution in [0.5, 0.6) is 0 Å². The Bertz CT molecular complexity index is 908. The monoisotopic (exact) mass is 376 g/mol. The number of hydrogen-bond acceptors (Lipinski definition) is 3. The molecule has 0 radical (unpaired) electrons. The third-order valence-corrected chi connectivity index (χ3v) is 5.07. The van der Waals surface area contributed by atoms with E-state index in [1.807, 2.05) is 0 Å². The first-order chi connectivity index (χ1) is 11.9. The Morgan fingerprint density at radius 1 is 1.12 bits per heavy atom. The molecule has 5 nitrogen and oxygen atoms in total. The highest BCUT2D eigenvalue weighted by Gasteiger charge is 2.21. The molecule has 0 spiro atoms. The summed E-state index contributed by atoms with van der Waals surface area (Å²) in [6.07, 6.45) is 2.84. The molecule has 1 fully saturated rings. The summed E-state index contributed by atoms with van der Waals surface area (Å²) in [6, 6.07) is 13.7. The summed E-state index contributed by atoms with van der Waals surface area (Å²) in [5.41, 5.74) is 1.84. The predicted octanol–water partition coefficient (Wildman–Crippen LogP) is 3.88. The Kier molecular flexibility index (Phi) is 5.11. The quantitative estimate of drug-likeness (QED) is 0.861. The zero-order valence-corrected chi connectivity index (χ0v) is 14.9. The largest absolute Gasteiger partial charge is 0.312 e. The minimum Gasteiger partial charge on any atom is -0.312 e. The van der Waals surface area contributed by atoms with Crippen molar-refractivity contribution >= 4 is 45.0 Å². The molecule has 0 aromatic heterocycles. The summed E-state index contributed by atoms with van der Waals surface area (Å²) < 4.78 is 27.0. The lowest BCUT2D eigenvalue weighted by Crippen LogP contribution is -2.23. The average Bonchev–Trinajstić information content (AvgIpc) is 3.00. The van der Waals surface area contributed by atoms with Crippen LogP contribution < -0.4 is 9.62 Å². The van der Waals surface area contributed by atoms with Crippen LogP contribution >= 0.6 is 11.6 Å². The molecule has 1 N–H and O–H groups in total. The molecule has 2 aromatic carbocycles. The molecule has 0 atom stereocenters. The molecule has 3 rings (SSSR count). The average molecular weight is 377 g/mol. The van der Waals surface area contributed by atoms with Crippen molar-refractivity contribution in [3.63, 3.8) is 0 Å². The van der Waals surface area contributed by atoms with Gasteiger partial charge in [0.1, 0.15) is 0 Å². The summed E-state index contributed by atoms with van der Waals surface area (Å²) in [5, 5.41) is 1.69. The van der Waals surface area contributed by atoms with E-state index in [0.29, 0.717) is 29.4 Å². The van der Waals surface area contributed by atoms with Crippen LogP contribution in [-0.4, -0.2) is 20.9 Å². The first-order valence-electron chi connectivity index (χ1n) is 7.80. The molecule has 7 heteroatoms. The van der Waals surface area contributed by atoms with Gasteiger partial charge < -0.3 is 4.90 Å². The van der Waals surface area contributed by atoms with Crippen LogP contribution in [0.4, 0.5) is 11.4 Å². The van der Waals surface area contributed by atoms with Crippen LogP contribution in [0.1, 0.15) is 18.4 Å². The van der Waals surface area contributed by atoms with E-state index in [1.165, 1.54) is 6.08 Å². The van der Waals surface area contributed by atoms with E-state index in [4.69, 9.17) is 11.6 Å². The van der Waals surface area contributed by atoms with E-state index in [2.05, 4.69) is 4.72 Å². The number of rotatable bonds is 5. The summed E-state index contributed by atoms with van der Waals surface area (Å²) in [4.78, 5) is 13.5. The van der Waals surface area contributed by atoms with Gasteiger partial charge in [0.05, 0.1) is 11.1 Å². The molecule has 1 aliphatic heterocycles. The number of carbonyl (C=O) groups excluding carboxylic acids is 1. The maximum Gasteiger partial charge on any atom is 0.255 e. The number of benzene rings is 2. The summed E-state index contributed by atoms with van der Waals surface area (Å²) >= 11 is 5.81. The van der Waals surface area contributed by atoms with Crippen molar-refractivity contribution in [2.75, 3.05) is 16.2 Å². The summed E-state index contributed by atoms with van der Waals surface area (Å²) in [5.74, 6) is 0.0580. The minimum absolute atomic E-state index is 0.0580. The van der Waals surface area contributed by atoms with Crippen molar-refractivity contribution < 1.29 is 13.2 Å². The van der Waals surface area contributed by atoms with Gasteiger partial charge in [-0.3, -0.25) is 9.52 Å². The van der Waals surface area contributed by atoms with E-state index < -0.39 is 10.0 Å².